The first kappa shape index (κ1) is 27.2. The summed E-state index contributed by atoms with van der Waals surface area (Å²) in [5.74, 6) is -0.556. The molecule has 0 radical (unpaired) electrons. The second-order valence-electron chi connectivity index (χ2n) is 7.16. The number of carbonyl (C=O) groups is 3. The number of hydrogen-bond donors (Lipinski definition) is 1. The van der Waals surface area contributed by atoms with Crippen LogP contribution in [-0.2, 0) is 20.7 Å². The number of nitrogens with one attached hydrogen (secondary N) is 1. The van der Waals surface area contributed by atoms with E-state index in [0.717, 1.165) is 18.4 Å². The van der Waals surface area contributed by atoms with E-state index in [9.17, 15) is 14.4 Å². The maximum absolute atomic E-state index is 13.4. The molecule has 3 atom stereocenters. The van der Waals surface area contributed by atoms with Crippen molar-refractivity contribution in [2.45, 2.75) is 44.9 Å². The molecule has 9 heteroatoms. The predicted molar refractivity (Wildman–Crippen MR) is 133 cm³/mol. The van der Waals surface area contributed by atoms with Gasteiger partial charge in [0.1, 0.15) is 18.7 Å². The summed E-state index contributed by atoms with van der Waals surface area (Å²) in [6.45, 7) is 0.568. The highest BCUT2D eigenvalue weighted by Gasteiger charge is 2.45. The smallest absolute Gasteiger partial charge is 0.252 e. The van der Waals surface area contributed by atoms with Gasteiger partial charge in [-0.15, -0.1) is 0 Å². The number of nitrogens with zero attached hydrogens (tertiary/aromatic N) is 1. The van der Waals surface area contributed by atoms with Crippen LogP contribution in [0.3, 0.4) is 0 Å². The van der Waals surface area contributed by atoms with Crippen molar-refractivity contribution in [3.8, 4) is 0 Å². The van der Waals surface area contributed by atoms with E-state index in [4.69, 9.17) is 4.74 Å². The number of fused-ring (bicyclic) bond motifs is 1. The number of likely N-dealkylation sites (tertiary alicyclic amines) is 1. The summed E-state index contributed by atoms with van der Waals surface area (Å²) >= 11 is 1.43. The van der Waals surface area contributed by atoms with Gasteiger partial charge in [-0.1, -0.05) is 37.8 Å². The molecule has 1 aromatic heterocycles. The van der Waals surface area contributed by atoms with Gasteiger partial charge in [0.2, 0.25) is 5.91 Å². The Morgan fingerprint density at radius 1 is 1.19 bits per heavy atom. The van der Waals surface area contributed by atoms with Gasteiger partial charge in [0.05, 0.1) is 11.7 Å². The summed E-state index contributed by atoms with van der Waals surface area (Å²) < 4.78 is 5.56. The monoisotopic (exact) mass is 482 g/mol. The van der Waals surface area contributed by atoms with E-state index >= 15 is 0 Å². The average Bonchev–Trinajstić information content (AvgIpc) is 3.38. The summed E-state index contributed by atoms with van der Waals surface area (Å²) in [6.07, 6.45) is 1.72. The van der Waals surface area contributed by atoms with Gasteiger partial charge in [-0.2, -0.15) is 38.3 Å². The molecular weight excluding hydrogens is 452 g/mol. The Labute approximate surface area is 201 Å². The van der Waals surface area contributed by atoms with Crippen LogP contribution in [0.25, 0.3) is 0 Å². The van der Waals surface area contributed by atoms with E-state index in [-0.39, 0.29) is 64.7 Å². The number of piperidine rings is 1. The zero-order valence-corrected chi connectivity index (χ0v) is 19.2. The van der Waals surface area contributed by atoms with E-state index in [0.29, 0.717) is 18.5 Å². The molecule has 0 aliphatic carbocycles. The molecule has 0 bridgehead atoms. The zero-order valence-electron chi connectivity index (χ0n) is 16.4. The zero-order chi connectivity index (χ0) is 19.5. The van der Waals surface area contributed by atoms with E-state index in [1.807, 2.05) is 35.7 Å². The Bertz CT molecular complexity index is 861. The van der Waals surface area contributed by atoms with Gasteiger partial charge in [-0.25, -0.2) is 0 Å². The number of ketones is 1. The van der Waals surface area contributed by atoms with Crippen LogP contribution in [0.1, 0.15) is 36.2 Å². The topological polar surface area (TPSA) is 75.7 Å². The van der Waals surface area contributed by atoms with Gasteiger partial charge < -0.3 is 15.0 Å². The highest BCUT2D eigenvalue weighted by Crippen LogP contribution is 2.27. The van der Waals surface area contributed by atoms with Crippen LogP contribution in [0.5, 0.6) is 0 Å². The molecule has 2 aliphatic rings. The summed E-state index contributed by atoms with van der Waals surface area (Å²) in [5, 5.41) is 6.46. The Morgan fingerprint density at radius 2 is 1.94 bits per heavy atom. The van der Waals surface area contributed by atoms with E-state index in [1.54, 1.807) is 16.3 Å². The summed E-state index contributed by atoms with van der Waals surface area (Å²) in [4.78, 5) is 39.9. The van der Waals surface area contributed by atoms with E-state index in [1.165, 1.54) is 11.3 Å². The SMILES string of the molecule is C.O=C(N[C@@H](Cc1ccccc1)C(=O)N1CCC[C@H]2OCC(=O)[C@H]21)c1ccsc1.S.S. The lowest BCUT2D eigenvalue weighted by atomic mass is 9.95. The van der Waals surface area contributed by atoms with Crippen LogP contribution in [0, 0.1) is 0 Å². The second-order valence-corrected chi connectivity index (χ2v) is 7.94. The van der Waals surface area contributed by atoms with Crippen molar-refractivity contribution < 1.29 is 19.1 Å². The summed E-state index contributed by atoms with van der Waals surface area (Å²) in [6, 6.07) is 10.0. The molecule has 2 fully saturated rings. The quantitative estimate of drug-likeness (QED) is 0.711. The molecule has 0 saturated carbocycles. The van der Waals surface area contributed by atoms with Gasteiger partial charge in [0, 0.05) is 18.3 Å². The normalized spacial score (nSPS) is 20.4. The first-order valence-electron chi connectivity index (χ1n) is 9.45. The third-order valence-corrected chi connectivity index (χ3v) is 5.98. The molecule has 4 rings (SSSR count). The third kappa shape index (κ3) is 6.12. The lowest BCUT2D eigenvalue weighted by molar-refractivity contribution is -0.142. The molecule has 2 aromatic rings. The molecule has 31 heavy (non-hydrogen) atoms. The number of benzene rings is 1. The number of Topliss-reactive ketones (excluding diaryl/α,β-unsaturated/α-hetero) is 1. The van der Waals surface area contributed by atoms with Crippen molar-refractivity contribution in [2.75, 3.05) is 13.2 Å². The first-order valence-corrected chi connectivity index (χ1v) is 10.4. The average molecular weight is 483 g/mol. The maximum Gasteiger partial charge on any atom is 0.252 e. The van der Waals surface area contributed by atoms with Crippen LogP contribution in [0.4, 0.5) is 0 Å². The number of ether oxygens (including phenoxy) is 1. The Kier molecular flexibility index (Phi) is 10.8. The minimum Gasteiger partial charge on any atom is -0.368 e. The van der Waals surface area contributed by atoms with Crippen LogP contribution in [0.15, 0.2) is 47.2 Å². The van der Waals surface area contributed by atoms with Crippen molar-refractivity contribution >= 4 is 55.9 Å². The first-order chi connectivity index (χ1) is 13.6. The molecule has 0 spiro atoms. The van der Waals surface area contributed by atoms with E-state index in [2.05, 4.69) is 5.32 Å². The molecule has 170 valence electrons. The van der Waals surface area contributed by atoms with Crippen molar-refractivity contribution in [1.29, 1.82) is 0 Å². The van der Waals surface area contributed by atoms with Crippen molar-refractivity contribution in [3.05, 3.63) is 58.3 Å². The Morgan fingerprint density at radius 3 is 2.61 bits per heavy atom. The fraction of sp³-hybridized carbons (Fsp3) is 0.409. The molecular formula is C22H30N2O4S3. The molecule has 3 heterocycles. The molecule has 0 unspecified atom stereocenters. The minimum atomic E-state index is -0.734. The highest BCUT2D eigenvalue weighted by atomic mass is 32.1. The molecule has 2 saturated heterocycles. The second kappa shape index (κ2) is 12.3. The van der Waals surface area contributed by atoms with Crippen LogP contribution in [-0.4, -0.2) is 53.8 Å². The lowest BCUT2D eigenvalue weighted by Crippen LogP contribution is -2.58. The summed E-state index contributed by atoms with van der Waals surface area (Å²) in [5.41, 5.74) is 1.49. The van der Waals surface area contributed by atoms with E-state index < -0.39 is 12.1 Å². The Hall–Kier alpha value is -1.81. The Balaban J connectivity index is 0.00000160. The van der Waals surface area contributed by atoms with Gasteiger partial charge in [-0.05, 0) is 29.9 Å². The van der Waals surface area contributed by atoms with Crippen molar-refractivity contribution in [2.24, 2.45) is 0 Å². The van der Waals surface area contributed by atoms with Gasteiger partial charge in [0.15, 0.2) is 5.78 Å². The van der Waals surface area contributed by atoms with Crippen LogP contribution < -0.4 is 5.32 Å². The standard InChI is InChI=1S/C21H22N2O4S.CH4.2H2S/c24-17-12-27-18-7-4-9-23(19(17)18)21(26)16(11-14-5-2-1-3-6-14)22-20(25)15-8-10-28-13-15;;;/h1-3,5-6,8,10,13,16,18-19H,4,7,9,11-12H2,(H,22,25);1H4;2*1H2/t16-,18+,19+;;;/m0.../s1. The van der Waals surface area contributed by atoms with Gasteiger partial charge >= 0.3 is 0 Å². The van der Waals surface area contributed by atoms with Gasteiger partial charge in [0.25, 0.3) is 5.91 Å². The van der Waals surface area contributed by atoms with Crippen LogP contribution in [0.2, 0.25) is 0 Å². The number of hydrogen-bond acceptors (Lipinski definition) is 5. The number of amides is 2. The molecule has 1 N–H and O–H groups in total. The summed E-state index contributed by atoms with van der Waals surface area (Å²) in [7, 11) is 0. The highest BCUT2D eigenvalue weighted by molar-refractivity contribution is 7.59. The number of carbonyl (C=O) groups excluding carboxylic acids is 3. The molecule has 2 amide bonds. The molecule has 2 aliphatic heterocycles. The van der Waals surface area contributed by atoms with Crippen molar-refractivity contribution in [1.82, 2.24) is 10.2 Å². The lowest BCUT2D eigenvalue weighted by Gasteiger charge is -2.37. The maximum atomic E-state index is 13.4. The van der Waals surface area contributed by atoms with Gasteiger partial charge in [-0.3, -0.25) is 14.4 Å². The predicted octanol–water partition coefficient (Wildman–Crippen LogP) is 2.91. The number of rotatable bonds is 5. The third-order valence-electron chi connectivity index (χ3n) is 5.30. The fourth-order valence-electron chi connectivity index (χ4n) is 3.92. The number of thiophene rings is 1. The minimum absolute atomic E-state index is 0. The van der Waals surface area contributed by atoms with Crippen LogP contribution >= 0.6 is 38.3 Å². The largest absolute Gasteiger partial charge is 0.368 e. The molecule has 6 nitrogen and oxygen atoms in total. The fourth-order valence-corrected chi connectivity index (χ4v) is 4.56. The van der Waals surface area contributed by atoms with Crippen molar-refractivity contribution in [3.63, 3.8) is 0 Å². The molecule has 1 aromatic carbocycles.